The number of phosphoric acid groups is 1. The molecule has 0 aromatic heterocycles. The van der Waals surface area contributed by atoms with E-state index in [0.717, 1.165) is 44.9 Å². The Morgan fingerprint density at radius 3 is 1.42 bits per heavy atom. The van der Waals surface area contributed by atoms with Gasteiger partial charge in [0.2, 0.25) is 0 Å². The lowest BCUT2D eigenvalue weighted by molar-refractivity contribution is -0.160. The Hall–Kier alpha value is -2.29. The Morgan fingerprint density at radius 2 is 0.982 bits per heavy atom. The maximum absolute atomic E-state index is 12.5. The number of phosphoric ester groups is 1. The minimum atomic E-state index is -4.40. The minimum Gasteiger partial charge on any atom is -0.462 e. The minimum absolute atomic E-state index is 0.00220. The van der Waals surface area contributed by atoms with Crippen LogP contribution in [0, 0.1) is 0 Å². The van der Waals surface area contributed by atoms with Gasteiger partial charge in [-0.1, -0.05) is 190 Å². The van der Waals surface area contributed by atoms with Crippen molar-refractivity contribution < 1.29 is 37.6 Å². The first-order valence-electron chi connectivity index (χ1n) is 21.8. The fourth-order valence-electron chi connectivity index (χ4n) is 5.77. The molecule has 55 heavy (non-hydrogen) atoms. The Labute approximate surface area is 336 Å². The van der Waals surface area contributed by atoms with Gasteiger partial charge in [0.05, 0.1) is 19.6 Å². The van der Waals surface area contributed by atoms with Crippen LogP contribution in [0.5, 0.6) is 0 Å². The fourth-order valence-corrected chi connectivity index (χ4v) is 6.53. The number of hydrogen-bond donors (Lipinski definition) is 2. The average Bonchev–Trinajstić information content (AvgIpc) is 3.17. The Kier molecular flexibility index (Phi) is 39.6. The topological polar surface area (TPSA) is 134 Å². The second-order valence-electron chi connectivity index (χ2n) is 14.2. The molecule has 9 nitrogen and oxygen atoms in total. The maximum Gasteiger partial charge on any atom is 0.472 e. The van der Waals surface area contributed by atoms with Gasteiger partial charge in [0, 0.05) is 13.0 Å². The van der Waals surface area contributed by atoms with Crippen molar-refractivity contribution in [2.45, 2.75) is 187 Å². The normalized spacial score (nSPS) is 13.9. The van der Waals surface area contributed by atoms with Crippen molar-refractivity contribution in [1.82, 2.24) is 0 Å². The van der Waals surface area contributed by atoms with Crippen LogP contribution in [0.25, 0.3) is 0 Å². The molecule has 0 radical (unpaired) electrons. The van der Waals surface area contributed by atoms with Crippen LogP contribution >= 0.6 is 7.82 Å². The lowest BCUT2D eigenvalue weighted by Crippen LogP contribution is -2.29. The number of unbranched alkanes of at least 4 members (excludes halogenated alkanes) is 18. The molecule has 0 bridgehead atoms. The zero-order chi connectivity index (χ0) is 40.3. The van der Waals surface area contributed by atoms with Gasteiger partial charge in [-0.15, -0.1) is 0 Å². The monoisotopic (exact) mass is 794 g/mol. The summed E-state index contributed by atoms with van der Waals surface area (Å²) in [6, 6.07) is 0. The second-order valence-corrected chi connectivity index (χ2v) is 15.7. The molecule has 0 aromatic rings. The van der Waals surface area contributed by atoms with Gasteiger partial charge in [0.15, 0.2) is 6.10 Å². The van der Waals surface area contributed by atoms with Crippen molar-refractivity contribution in [3.8, 4) is 0 Å². The predicted octanol–water partition coefficient (Wildman–Crippen LogP) is 12.5. The third kappa shape index (κ3) is 41.2. The lowest BCUT2D eigenvalue weighted by Gasteiger charge is -2.19. The molecular weight excluding hydrogens is 713 g/mol. The Bertz CT molecular complexity index is 1090. The number of esters is 2. The van der Waals surface area contributed by atoms with Crippen LogP contribution in [0.15, 0.2) is 60.8 Å². The summed E-state index contributed by atoms with van der Waals surface area (Å²) in [6.45, 7) is 3.51. The number of hydrogen-bond acceptors (Lipinski definition) is 8. The highest BCUT2D eigenvalue weighted by atomic mass is 31.2. The van der Waals surface area contributed by atoms with E-state index in [9.17, 15) is 19.0 Å². The smallest absolute Gasteiger partial charge is 0.462 e. The lowest BCUT2D eigenvalue weighted by atomic mass is 10.0. The Balaban J connectivity index is 4.22. The molecule has 0 saturated carbocycles. The van der Waals surface area contributed by atoms with Crippen LogP contribution in [-0.2, 0) is 32.7 Å². The molecule has 10 heteroatoms. The van der Waals surface area contributed by atoms with Gasteiger partial charge in [-0.05, 0) is 38.5 Å². The van der Waals surface area contributed by atoms with Crippen molar-refractivity contribution in [1.29, 1.82) is 0 Å². The standard InChI is InChI=1S/C45H80NO8P/c1-3-5-7-9-11-13-15-17-19-20-21-22-24-25-27-29-31-33-35-37-44(47)51-41-43(42-53-55(49,50)52-40-39-46)54-45(48)38-36-34-32-30-28-26-23-18-16-14-12-10-8-6-4-2/h6,8,12,14,18,23,28,30,34,36,43H,3-5,7,9-11,13,15-17,19-22,24-27,29,31-33,35,37-42,46H2,1-2H3,(H,49,50)/b8-6-,14-12-,23-18-,30-28-,36-34-. The molecule has 0 aliphatic rings. The van der Waals surface area contributed by atoms with E-state index in [0.29, 0.717) is 6.42 Å². The van der Waals surface area contributed by atoms with Gasteiger partial charge in [-0.25, -0.2) is 4.57 Å². The van der Waals surface area contributed by atoms with E-state index in [1.165, 1.54) is 103 Å². The van der Waals surface area contributed by atoms with Crippen LogP contribution < -0.4 is 5.73 Å². The highest BCUT2D eigenvalue weighted by Gasteiger charge is 2.25. The van der Waals surface area contributed by atoms with E-state index >= 15 is 0 Å². The van der Waals surface area contributed by atoms with Gasteiger partial charge < -0.3 is 20.1 Å². The van der Waals surface area contributed by atoms with Crippen LogP contribution in [0.2, 0.25) is 0 Å². The van der Waals surface area contributed by atoms with E-state index in [-0.39, 0.29) is 32.6 Å². The summed E-state index contributed by atoms with van der Waals surface area (Å²) in [5.41, 5.74) is 5.34. The molecule has 318 valence electrons. The largest absolute Gasteiger partial charge is 0.472 e. The molecule has 0 fully saturated rings. The number of carbonyl (C=O) groups is 2. The predicted molar refractivity (Wildman–Crippen MR) is 229 cm³/mol. The molecule has 0 amide bonds. The van der Waals surface area contributed by atoms with E-state index < -0.39 is 32.5 Å². The van der Waals surface area contributed by atoms with Crippen LogP contribution in [-0.4, -0.2) is 49.3 Å². The molecule has 0 rings (SSSR count). The molecule has 0 spiro atoms. The highest BCUT2D eigenvalue weighted by Crippen LogP contribution is 2.43. The summed E-state index contributed by atoms with van der Waals surface area (Å²) in [5, 5.41) is 0. The quantitative estimate of drug-likeness (QED) is 0.0269. The van der Waals surface area contributed by atoms with Crippen LogP contribution in [0.4, 0.5) is 0 Å². The molecule has 2 atom stereocenters. The third-order valence-corrected chi connectivity index (χ3v) is 9.94. The summed E-state index contributed by atoms with van der Waals surface area (Å²) in [5.74, 6) is -0.974. The van der Waals surface area contributed by atoms with E-state index in [1.807, 2.05) is 12.2 Å². The molecule has 0 aliphatic heterocycles. The summed E-state index contributed by atoms with van der Waals surface area (Å²) in [6.07, 6.45) is 48.6. The molecule has 0 saturated heterocycles. The SMILES string of the molecule is CC/C=C\C/C=C\C/C=C\C/C=C\C/C=C\CC(=O)OC(COC(=O)CCCCCCCCCCCCCCCCCCCCC)COP(=O)(O)OCCN. The Morgan fingerprint density at radius 1 is 0.564 bits per heavy atom. The van der Waals surface area contributed by atoms with Crippen molar-refractivity contribution >= 4 is 19.8 Å². The van der Waals surface area contributed by atoms with Gasteiger partial charge in [0.1, 0.15) is 6.61 Å². The van der Waals surface area contributed by atoms with Crippen molar-refractivity contribution in [3.05, 3.63) is 60.8 Å². The molecule has 3 N–H and O–H groups in total. The van der Waals surface area contributed by atoms with Gasteiger partial charge in [-0.3, -0.25) is 18.6 Å². The average molecular weight is 794 g/mol. The highest BCUT2D eigenvalue weighted by molar-refractivity contribution is 7.47. The summed E-state index contributed by atoms with van der Waals surface area (Å²) >= 11 is 0. The van der Waals surface area contributed by atoms with Crippen LogP contribution in [0.1, 0.15) is 181 Å². The molecule has 2 unspecified atom stereocenters. The zero-order valence-electron chi connectivity index (χ0n) is 34.9. The van der Waals surface area contributed by atoms with E-state index in [2.05, 4.69) is 56.4 Å². The molecule has 0 aromatic carbocycles. The first-order chi connectivity index (χ1) is 26.8. The van der Waals surface area contributed by atoms with E-state index in [4.69, 9.17) is 24.3 Å². The number of rotatable bonds is 40. The third-order valence-electron chi connectivity index (χ3n) is 8.95. The first-order valence-corrected chi connectivity index (χ1v) is 23.3. The summed E-state index contributed by atoms with van der Waals surface area (Å²) in [4.78, 5) is 34.8. The molecular formula is C45H80NO8P. The van der Waals surface area contributed by atoms with Crippen molar-refractivity contribution in [2.75, 3.05) is 26.4 Å². The van der Waals surface area contributed by atoms with Gasteiger partial charge in [-0.2, -0.15) is 0 Å². The molecule has 0 aliphatic carbocycles. The van der Waals surface area contributed by atoms with Crippen molar-refractivity contribution in [2.24, 2.45) is 5.73 Å². The first kappa shape index (κ1) is 52.7. The zero-order valence-corrected chi connectivity index (χ0v) is 35.8. The number of carbonyl (C=O) groups excluding carboxylic acids is 2. The number of nitrogens with two attached hydrogens (primary N) is 1. The summed E-state index contributed by atoms with van der Waals surface area (Å²) < 4.78 is 32.6. The maximum atomic E-state index is 12.5. The van der Waals surface area contributed by atoms with Gasteiger partial charge in [0.25, 0.3) is 0 Å². The van der Waals surface area contributed by atoms with E-state index in [1.54, 1.807) is 6.08 Å². The van der Waals surface area contributed by atoms with Crippen LogP contribution in [0.3, 0.4) is 0 Å². The van der Waals surface area contributed by atoms with Crippen molar-refractivity contribution in [3.63, 3.8) is 0 Å². The number of allylic oxidation sites excluding steroid dienone is 9. The fraction of sp³-hybridized carbons (Fsp3) is 0.733. The molecule has 0 heterocycles. The number of ether oxygens (including phenoxy) is 2. The summed E-state index contributed by atoms with van der Waals surface area (Å²) in [7, 11) is -4.40. The second kappa shape index (κ2) is 41.3. The van der Waals surface area contributed by atoms with Gasteiger partial charge >= 0.3 is 19.8 Å².